The van der Waals surface area contributed by atoms with Crippen LogP contribution < -0.4 is 5.43 Å². The first-order valence-electron chi connectivity index (χ1n) is 6.17. The third kappa shape index (κ3) is 2.73. The van der Waals surface area contributed by atoms with Crippen molar-refractivity contribution in [3.8, 4) is 0 Å². The maximum absolute atomic E-state index is 11.8. The van der Waals surface area contributed by atoms with E-state index in [1.165, 1.54) is 12.8 Å². The predicted octanol–water partition coefficient (Wildman–Crippen LogP) is 2.42. The summed E-state index contributed by atoms with van der Waals surface area (Å²) in [5, 5.41) is 12.9. The monoisotopic (exact) mass is 274 g/mol. The molecule has 98 valence electrons. The quantitative estimate of drug-likeness (QED) is 0.664. The molecule has 2 heterocycles. The van der Waals surface area contributed by atoms with Crippen molar-refractivity contribution in [2.75, 3.05) is 0 Å². The van der Waals surface area contributed by atoms with Gasteiger partial charge >= 0.3 is 0 Å². The molecular formula is C13H14N4OS. The molecule has 1 amide bonds. The SMILES string of the molecule is Cc1ccsc1/C=N\NC(=O)c1cc(C2CC2)[nH]n1. The van der Waals surface area contributed by atoms with Crippen LogP contribution in [0.5, 0.6) is 0 Å². The molecule has 0 aromatic carbocycles. The van der Waals surface area contributed by atoms with E-state index < -0.39 is 0 Å². The fourth-order valence-electron chi connectivity index (χ4n) is 1.78. The first-order valence-corrected chi connectivity index (χ1v) is 7.05. The Bertz CT molecular complexity index is 624. The van der Waals surface area contributed by atoms with Crippen molar-refractivity contribution in [3.63, 3.8) is 0 Å². The number of rotatable bonds is 4. The minimum Gasteiger partial charge on any atom is -0.281 e. The molecule has 0 aliphatic heterocycles. The largest absolute Gasteiger partial charge is 0.291 e. The van der Waals surface area contributed by atoms with Gasteiger partial charge in [0.05, 0.1) is 6.21 Å². The first kappa shape index (κ1) is 12.1. The summed E-state index contributed by atoms with van der Waals surface area (Å²) in [4.78, 5) is 12.9. The molecule has 0 radical (unpaired) electrons. The first-order chi connectivity index (χ1) is 9.24. The van der Waals surface area contributed by atoms with Crippen LogP contribution in [-0.2, 0) is 0 Å². The van der Waals surface area contributed by atoms with Crippen molar-refractivity contribution in [2.24, 2.45) is 5.10 Å². The second-order valence-corrected chi connectivity index (χ2v) is 5.60. The van der Waals surface area contributed by atoms with Crippen molar-refractivity contribution in [2.45, 2.75) is 25.7 Å². The Morgan fingerprint density at radius 3 is 3.16 bits per heavy atom. The number of thiophene rings is 1. The summed E-state index contributed by atoms with van der Waals surface area (Å²) in [5.74, 6) is 0.278. The van der Waals surface area contributed by atoms with Gasteiger partial charge in [-0.25, -0.2) is 5.43 Å². The van der Waals surface area contributed by atoms with E-state index in [0.717, 1.165) is 16.1 Å². The fourth-order valence-corrected chi connectivity index (χ4v) is 2.57. The van der Waals surface area contributed by atoms with Crippen LogP contribution in [0.15, 0.2) is 22.6 Å². The number of hydrogen-bond donors (Lipinski definition) is 2. The second-order valence-electron chi connectivity index (χ2n) is 4.65. The van der Waals surface area contributed by atoms with Crippen molar-refractivity contribution < 1.29 is 4.79 Å². The van der Waals surface area contributed by atoms with Crippen LogP contribution in [0.1, 0.15) is 45.4 Å². The van der Waals surface area contributed by atoms with Gasteiger partial charge in [-0.2, -0.15) is 10.2 Å². The molecule has 0 spiro atoms. The Balaban J connectivity index is 1.61. The minimum absolute atomic E-state index is 0.284. The zero-order valence-electron chi connectivity index (χ0n) is 10.5. The molecule has 1 aliphatic carbocycles. The summed E-state index contributed by atoms with van der Waals surface area (Å²) in [6, 6.07) is 3.82. The predicted molar refractivity (Wildman–Crippen MR) is 74.7 cm³/mol. The van der Waals surface area contributed by atoms with E-state index in [1.807, 2.05) is 18.4 Å². The zero-order chi connectivity index (χ0) is 13.2. The summed E-state index contributed by atoms with van der Waals surface area (Å²) >= 11 is 1.59. The molecule has 3 rings (SSSR count). The standard InChI is InChI=1S/C13H14N4OS/c1-8-4-5-19-12(8)7-14-17-13(18)11-6-10(15-16-11)9-2-3-9/h4-7,9H,2-3H2,1H3,(H,15,16)(H,17,18)/b14-7-. The van der Waals surface area contributed by atoms with Gasteiger partial charge in [-0.15, -0.1) is 11.3 Å². The number of aryl methyl sites for hydroxylation is 1. The van der Waals surface area contributed by atoms with Crippen molar-refractivity contribution >= 4 is 23.5 Å². The zero-order valence-corrected chi connectivity index (χ0v) is 11.3. The molecule has 0 bridgehead atoms. The van der Waals surface area contributed by atoms with E-state index in [0.29, 0.717) is 11.6 Å². The van der Waals surface area contributed by atoms with E-state index in [9.17, 15) is 4.79 Å². The molecule has 1 saturated carbocycles. The number of carbonyl (C=O) groups is 1. The van der Waals surface area contributed by atoms with Crippen molar-refractivity contribution in [1.82, 2.24) is 15.6 Å². The fraction of sp³-hybridized carbons (Fsp3) is 0.308. The molecule has 2 aromatic heterocycles. The number of H-pyrrole nitrogens is 1. The van der Waals surface area contributed by atoms with Gasteiger partial charge in [-0.1, -0.05) is 0 Å². The maximum atomic E-state index is 11.8. The van der Waals surface area contributed by atoms with Gasteiger partial charge in [0.15, 0.2) is 5.69 Å². The van der Waals surface area contributed by atoms with Crippen LogP contribution in [0, 0.1) is 6.92 Å². The summed E-state index contributed by atoms with van der Waals surface area (Å²) < 4.78 is 0. The Hall–Kier alpha value is -1.95. The second kappa shape index (κ2) is 4.97. The average molecular weight is 274 g/mol. The van der Waals surface area contributed by atoms with Crippen molar-refractivity contribution in [1.29, 1.82) is 0 Å². The lowest BCUT2D eigenvalue weighted by atomic mass is 10.2. The molecule has 19 heavy (non-hydrogen) atoms. The highest BCUT2D eigenvalue weighted by molar-refractivity contribution is 7.11. The number of amides is 1. The highest BCUT2D eigenvalue weighted by Crippen LogP contribution is 2.38. The molecule has 6 heteroatoms. The van der Waals surface area contributed by atoms with Gasteiger partial charge in [0.1, 0.15) is 0 Å². The highest BCUT2D eigenvalue weighted by Gasteiger charge is 2.26. The molecule has 0 atom stereocenters. The smallest absolute Gasteiger partial charge is 0.281 e. The van der Waals surface area contributed by atoms with E-state index in [-0.39, 0.29) is 5.91 Å². The van der Waals surface area contributed by atoms with Crippen LogP contribution in [-0.4, -0.2) is 22.3 Å². The van der Waals surface area contributed by atoms with E-state index >= 15 is 0 Å². The van der Waals surface area contributed by atoms with Crippen molar-refractivity contribution in [3.05, 3.63) is 39.3 Å². The highest BCUT2D eigenvalue weighted by atomic mass is 32.1. The number of aromatic amines is 1. The van der Waals surface area contributed by atoms with Gasteiger partial charge in [0.2, 0.25) is 0 Å². The Labute approximate surface area is 114 Å². The third-order valence-electron chi connectivity index (χ3n) is 3.10. The lowest BCUT2D eigenvalue weighted by Gasteiger charge is -1.94. The summed E-state index contributed by atoms with van der Waals surface area (Å²) in [7, 11) is 0. The molecule has 2 N–H and O–H groups in total. The van der Waals surface area contributed by atoms with Gasteiger partial charge in [-0.05, 0) is 42.8 Å². The topological polar surface area (TPSA) is 70.1 Å². The lowest BCUT2D eigenvalue weighted by molar-refractivity contribution is 0.0950. The molecule has 1 aliphatic rings. The molecular weight excluding hydrogens is 260 g/mol. The van der Waals surface area contributed by atoms with Crippen LogP contribution in [0.3, 0.4) is 0 Å². The van der Waals surface area contributed by atoms with Crippen LogP contribution in [0.4, 0.5) is 0 Å². The van der Waals surface area contributed by atoms with Gasteiger partial charge in [0.25, 0.3) is 5.91 Å². The van der Waals surface area contributed by atoms with Gasteiger partial charge in [-0.3, -0.25) is 9.89 Å². The number of carbonyl (C=O) groups excluding carboxylic acids is 1. The minimum atomic E-state index is -0.284. The summed E-state index contributed by atoms with van der Waals surface area (Å²) in [5.41, 5.74) is 5.08. The van der Waals surface area contributed by atoms with E-state index in [1.54, 1.807) is 23.6 Å². The normalized spacial score (nSPS) is 15.0. The molecule has 0 saturated heterocycles. The van der Waals surface area contributed by atoms with E-state index in [4.69, 9.17) is 0 Å². The Morgan fingerprint density at radius 1 is 1.63 bits per heavy atom. The number of nitrogens with one attached hydrogen (secondary N) is 2. The molecule has 5 nitrogen and oxygen atoms in total. The van der Waals surface area contributed by atoms with Crippen LogP contribution >= 0.6 is 11.3 Å². The van der Waals surface area contributed by atoms with E-state index in [2.05, 4.69) is 20.7 Å². The summed E-state index contributed by atoms with van der Waals surface area (Å²) in [6.45, 7) is 2.01. The number of hydrazone groups is 1. The molecule has 1 fully saturated rings. The Kier molecular flexibility index (Phi) is 3.16. The Morgan fingerprint density at radius 2 is 2.47 bits per heavy atom. The van der Waals surface area contributed by atoms with Crippen LogP contribution in [0.2, 0.25) is 0 Å². The third-order valence-corrected chi connectivity index (χ3v) is 4.05. The molecule has 0 unspecified atom stereocenters. The van der Waals surface area contributed by atoms with Gasteiger partial charge in [0, 0.05) is 16.5 Å². The number of aromatic nitrogens is 2. The lowest BCUT2D eigenvalue weighted by Crippen LogP contribution is -2.17. The van der Waals surface area contributed by atoms with Crippen LogP contribution in [0.25, 0.3) is 0 Å². The average Bonchev–Trinajstić information content (AvgIpc) is 2.99. The maximum Gasteiger partial charge on any atom is 0.291 e. The van der Waals surface area contributed by atoms with Gasteiger partial charge < -0.3 is 0 Å². The number of nitrogens with zero attached hydrogens (tertiary/aromatic N) is 2. The number of hydrogen-bond acceptors (Lipinski definition) is 4. The molecule has 2 aromatic rings. The summed E-state index contributed by atoms with van der Waals surface area (Å²) in [6.07, 6.45) is 4.02.